The topological polar surface area (TPSA) is 59.2 Å². The molecule has 2 aliphatic rings. The lowest BCUT2D eigenvalue weighted by atomic mass is 9.98. The van der Waals surface area contributed by atoms with E-state index in [1.165, 1.54) is 17.0 Å². The number of carbonyl (C=O) groups is 1. The molecule has 1 saturated carbocycles. The number of alkyl halides is 3. The van der Waals surface area contributed by atoms with Crippen molar-refractivity contribution < 1.29 is 22.5 Å². The van der Waals surface area contributed by atoms with Gasteiger partial charge in [-0.15, -0.1) is 0 Å². The predicted octanol–water partition coefficient (Wildman–Crippen LogP) is 3.21. The molecular formula is C16H14F3N3O2. The summed E-state index contributed by atoms with van der Waals surface area (Å²) >= 11 is 0. The molecule has 0 N–H and O–H groups in total. The quantitative estimate of drug-likeness (QED) is 0.863. The maximum Gasteiger partial charge on any atom is 0.416 e. The minimum absolute atomic E-state index is 0.0347. The first-order valence-electron chi connectivity index (χ1n) is 7.72. The van der Waals surface area contributed by atoms with Crippen LogP contribution in [0.15, 0.2) is 28.8 Å². The maximum absolute atomic E-state index is 12.7. The lowest BCUT2D eigenvalue weighted by Crippen LogP contribution is -2.48. The van der Waals surface area contributed by atoms with Gasteiger partial charge in [0.1, 0.15) is 0 Å². The summed E-state index contributed by atoms with van der Waals surface area (Å²) in [5.74, 6) is 1.15. The van der Waals surface area contributed by atoms with E-state index in [-0.39, 0.29) is 11.5 Å². The first-order chi connectivity index (χ1) is 11.4. The highest BCUT2D eigenvalue weighted by atomic mass is 19.4. The summed E-state index contributed by atoms with van der Waals surface area (Å²) in [6.07, 6.45) is -2.32. The second-order valence-electron chi connectivity index (χ2n) is 6.25. The number of benzene rings is 1. The summed E-state index contributed by atoms with van der Waals surface area (Å²) < 4.78 is 43.4. The van der Waals surface area contributed by atoms with Crippen molar-refractivity contribution in [2.75, 3.05) is 13.1 Å². The SMILES string of the molecule is O=C(c1cccc(C(F)(F)F)c1)N1CC(c2nc(C3CC3)no2)C1. The number of rotatable bonds is 3. The van der Waals surface area contributed by atoms with Crippen molar-refractivity contribution in [2.45, 2.75) is 30.9 Å². The van der Waals surface area contributed by atoms with Crippen LogP contribution in [0.25, 0.3) is 0 Å². The van der Waals surface area contributed by atoms with Crippen LogP contribution in [0.1, 0.15) is 52.3 Å². The molecular weight excluding hydrogens is 323 g/mol. The first kappa shape index (κ1) is 15.2. The van der Waals surface area contributed by atoms with E-state index in [0.717, 1.165) is 25.0 Å². The summed E-state index contributed by atoms with van der Waals surface area (Å²) in [4.78, 5) is 18.1. The summed E-state index contributed by atoms with van der Waals surface area (Å²) in [5.41, 5.74) is -0.788. The third-order valence-corrected chi connectivity index (χ3v) is 4.35. The number of amides is 1. The zero-order valence-electron chi connectivity index (χ0n) is 12.6. The predicted molar refractivity (Wildman–Crippen MR) is 76.4 cm³/mol. The van der Waals surface area contributed by atoms with Crippen LogP contribution in [0.3, 0.4) is 0 Å². The van der Waals surface area contributed by atoms with Crippen LogP contribution in [0.5, 0.6) is 0 Å². The minimum atomic E-state index is -4.46. The third kappa shape index (κ3) is 2.76. The molecule has 1 aromatic heterocycles. The average molecular weight is 337 g/mol. The van der Waals surface area contributed by atoms with Crippen LogP contribution in [-0.2, 0) is 6.18 Å². The average Bonchev–Trinajstić information content (AvgIpc) is 3.24. The van der Waals surface area contributed by atoms with Gasteiger partial charge in [0.25, 0.3) is 5.91 Å². The molecule has 2 heterocycles. The molecule has 1 aromatic carbocycles. The fourth-order valence-corrected chi connectivity index (χ4v) is 2.73. The Balaban J connectivity index is 1.41. The van der Waals surface area contributed by atoms with E-state index < -0.39 is 17.6 Å². The normalized spacial score (nSPS) is 18.5. The van der Waals surface area contributed by atoms with Gasteiger partial charge in [-0.2, -0.15) is 18.2 Å². The Kier molecular flexibility index (Phi) is 3.36. The van der Waals surface area contributed by atoms with Gasteiger partial charge in [0, 0.05) is 24.6 Å². The Morgan fingerprint density at radius 1 is 1.21 bits per heavy atom. The Morgan fingerprint density at radius 2 is 1.96 bits per heavy atom. The van der Waals surface area contributed by atoms with Gasteiger partial charge >= 0.3 is 6.18 Å². The van der Waals surface area contributed by atoms with Gasteiger partial charge in [-0.05, 0) is 31.0 Å². The molecule has 8 heteroatoms. The van der Waals surface area contributed by atoms with E-state index >= 15 is 0 Å². The van der Waals surface area contributed by atoms with E-state index in [9.17, 15) is 18.0 Å². The van der Waals surface area contributed by atoms with Crippen LogP contribution in [0.2, 0.25) is 0 Å². The van der Waals surface area contributed by atoms with Crippen LogP contribution < -0.4 is 0 Å². The third-order valence-electron chi connectivity index (χ3n) is 4.35. The molecule has 1 aliphatic heterocycles. The second-order valence-corrected chi connectivity index (χ2v) is 6.25. The summed E-state index contributed by atoms with van der Waals surface area (Å²) in [7, 11) is 0. The minimum Gasteiger partial charge on any atom is -0.339 e. The zero-order valence-corrected chi connectivity index (χ0v) is 12.6. The number of hydrogen-bond acceptors (Lipinski definition) is 4. The number of nitrogens with zero attached hydrogens (tertiary/aromatic N) is 3. The smallest absolute Gasteiger partial charge is 0.339 e. The fraction of sp³-hybridized carbons (Fsp3) is 0.438. The van der Waals surface area contributed by atoms with Crippen molar-refractivity contribution in [1.82, 2.24) is 15.0 Å². The van der Waals surface area contributed by atoms with E-state index in [1.54, 1.807) is 0 Å². The van der Waals surface area contributed by atoms with Gasteiger partial charge in [-0.1, -0.05) is 11.2 Å². The summed E-state index contributed by atoms with van der Waals surface area (Å²) in [6.45, 7) is 0.753. The molecule has 0 unspecified atom stereocenters. The molecule has 2 fully saturated rings. The number of hydrogen-bond donors (Lipinski definition) is 0. The van der Waals surface area contributed by atoms with Crippen molar-refractivity contribution in [3.05, 3.63) is 47.1 Å². The largest absolute Gasteiger partial charge is 0.416 e. The molecule has 1 amide bonds. The van der Waals surface area contributed by atoms with E-state index in [2.05, 4.69) is 10.1 Å². The van der Waals surface area contributed by atoms with Gasteiger partial charge in [0.2, 0.25) is 5.89 Å². The lowest BCUT2D eigenvalue weighted by Gasteiger charge is -2.37. The van der Waals surface area contributed by atoms with Crippen molar-refractivity contribution in [3.8, 4) is 0 Å². The van der Waals surface area contributed by atoms with Crippen LogP contribution in [0, 0.1) is 0 Å². The zero-order chi connectivity index (χ0) is 16.9. The van der Waals surface area contributed by atoms with E-state index in [4.69, 9.17) is 4.52 Å². The molecule has 4 rings (SSSR count). The first-order valence-corrected chi connectivity index (χ1v) is 7.72. The second kappa shape index (κ2) is 5.32. The molecule has 126 valence electrons. The Hall–Kier alpha value is -2.38. The highest BCUT2D eigenvalue weighted by Gasteiger charge is 2.38. The highest BCUT2D eigenvalue weighted by Crippen LogP contribution is 2.39. The molecule has 5 nitrogen and oxygen atoms in total. The Bertz CT molecular complexity index is 777. The summed E-state index contributed by atoms with van der Waals surface area (Å²) in [5, 5.41) is 3.93. The highest BCUT2D eigenvalue weighted by molar-refractivity contribution is 5.95. The molecule has 2 aromatic rings. The monoisotopic (exact) mass is 337 g/mol. The maximum atomic E-state index is 12.7. The molecule has 0 atom stereocenters. The van der Waals surface area contributed by atoms with Gasteiger partial charge < -0.3 is 9.42 Å². The van der Waals surface area contributed by atoms with Gasteiger partial charge in [0.05, 0.1) is 11.5 Å². The van der Waals surface area contributed by atoms with Crippen LogP contribution in [-0.4, -0.2) is 34.0 Å². The standard InChI is InChI=1S/C16H14F3N3O2/c17-16(18,19)12-3-1-2-10(6-12)15(23)22-7-11(8-22)14-20-13(21-24-14)9-4-5-9/h1-3,6,9,11H,4-5,7-8H2. The number of halogens is 3. The molecule has 0 bridgehead atoms. The Labute approximate surface area is 135 Å². The van der Waals surface area contributed by atoms with Crippen LogP contribution >= 0.6 is 0 Å². The van der Waals surface area contributed by atoms with Gasteiger partial charge in [-0.25, -0.2) is 0 Å². The Morgan fingerprint density at radius 3 is 2.62 bits per heavy atom. The van der Waals surface area contributed by atoms with E-state index in [0.29, 0.717) is 30.7 Å². The van der Waals surface area contributed by atoms with Crippen molar-refractivity contribution >= 4 is 5.91 Å². The van der Waals surface area contributed by atoms with Crippen molar-refractivity contribution in [3.63, 3.8) is 0 Å². The molecule has 1 saturated heterocycles. The van der Waals surface area contributed by atoms with Crippen LogP contribution in [0.4, 0.5) is 13.2 Å². The number of aromatic nitrogens is 2. The van der Waals surface area contributed by atoms with Crippen molar-refractivity contribution in [1.29, 1.82) is 0 Å². The lowest BCUT2D eigenvalue weighted by molar-refractivity contribution is -0.137. The van der Waals surface area contributed by atoms with Gasteiger partial charge in [0.15, 0.2) is 5.82 Å². The molecule has 1 aliphatic carbocycles. The number of carbonyl (C=O) groups excluding carboxylic acids is 1. The molecule has 0 radical (unpaired) electrons. The molecule has 0 spiro atoms. The van der Waals surface area contributed by atoms with E-state index in [1.807, 2.05) is 0 Å². The molecule has 24 heavy (non-hydrogen) atoms. The number of likely N-dealkylation sites (tertiary alicyclic amines) is 1. The van der Waals surface area contributed by atoms with Crippen molar-refractivity contribution in [2.24, 2.45) is 0 Å². The summed E-state index contributed by atoms with van der Waals surface area (Å²) in [6, 6.07) is 4.47. The fourth-order valence-electron chi connectivity index (χ4n) is 2.73. The van der Waals surface area contributed by atoms with Gasteiger partial charge in [-0.3, -0.25) is 4.79 Å².